The Morgan fingerprint density at radius 2 is 1.79 bits per heavy atom. The Balaban J connectivity index is 1.53. The highest BCUT2D eigenvalue weighted by molar-refractivity contribution is 7.89. The van der Waals surface area contributed by atoms with E-state index in [9.17, 15) is 17.2 Å². The van der Waals surface area contributed by atoms with E-state index in [0.717, 1.165) is 54.8 Å². The van der Waals surface area contributed by atoms with Gasteiger partial charge in [0.1, 0.15) is 0 Å². The Bertz CT molecular complexity index is 1130. The zero-order valence-corrected chi connectivity index (χ0v) is 16.4. The molecule has 0 saturated carbocycles. The number of sulfonamides is 1. The van der Waals surface area contributed by atoms with Gasteiger partial charge in [0, 0.05) is 35.8 Å². The van der Waals surface area contributed by atoms with Crippen LogP contribution in [0.25, 0.3) is 11.3 Å². The lowest BCUT2D eigenvalue weighted by Crippen LogP contribution is -2.28. The zero-order valence-electron chi connectivity index (χ0n) is 15.6. The lowest BCUT2D eigenvalue weighted by atomic mass is 9.94. The first-order valence-corrected chi connectivity index (χ1v) is 10.9. The molecule has 152 valence electrons. The molecule has 29 heavy (non-hydrogen) atoms. The van der Waals surface area contributed by atoms with Gasteiger partial charge in [0.05, 0.1) is 17.1 Å². The number of aromatic nitrogens is 3. The second-order valence-corrected chi connectivity index (χ2v) is 8.68. The van der Waals surface area contributed by atoms with E-state index in [1.54, 1.807) is 12.4 Å². The van der Waals surface area contributed by atoms with Gasteiger partial charge in [-0.15, -0.1) is 0 Å². The van der Waals surface area contributed by atoms with Gasteiger partial charge >= 0.3 is 0 Å². The third-order valence-electron chi connectivity index (χ3n) is 5.03. The minimum atomic E-state index is -3.94. The van der Waals surface area contributed by atoms with Crippen molar-refractivity contribution < 1.29 is 17.2 Å². The van der Waals surface area contributed by atoms with Gasteiger partial charge in [0.25, 0.3) is 0 Å². The molecule has 0 unspecified atom stereocenters. The van der Waals surface area contributed by atoms with E-state index < -0.39 is 21.7 Å². The molecule has 2 heterocycles. The van der Waals surface area contributed by atoms with Crippen LogP contribution in [0.5, 0.6) is 0 Å². The summed E-state index contributed by atoms with van der Waals surface area (Å²) in [5.74, 6) is -2.29. The van der Waals surface area contributed by atoms with Crippen molar-refractivity contribution in [3.63, 3.8) is 0 Å². The van der Waals surface area contributed by atoms with Gasteiger partial charge in [0.2, 0.25) is 10.0 Å². The fourth-order valence-electron chi connectivity index (χ4n) is 3.61. The first-order chi connectivity index (χ1) is 14.0. The normalized spacial score (nSPS) is 14.0. The van der Waals surface area contributed by atoms with Gasteiger partial charge in [-0.05, 0) is 56.0 Å². The molecule has 0 saturated heterocycles. The summed E-state index contributed by atoms with van der Waals surface area (Å²) in [6.45, 7) is 0.432. The summed E-state index contributed by atoms with van der Waals surface area (Å²) in [6.07, 6.45) is 7.44. The molecule has 0 fully saturated rings. The van der Waals surface area contributed by atoms with Crippen LogP contribution in [-0.2, 0) is 29.4 Å². The van der Waals surface area contributed by atoms with Crippen LogP contribution in [0.1, 0.15) is 24.1 Å². The quantitative estimate of drug-likeness (QED) is 0.668. The highest BCUT2D eigenvalue weighted by atomic mass is 32.2. The van der Waals surface area contributed by atoms with Crippen LogP contribution in [0.4, 0.5) is 8.78 Å². The van der Waals surface area contributed by atoms with Gasteiger partial charge in [0.15, 0.2) is 11.6 Å². The lowest BCUT2D eigenvalue weighted by molar-refractivity contribution is 0.503. The zero-order chi connectivity index (χ0) is 20.4. The maximum absolute atomic E-state index is 13.4. The molecule has 1 aliphatic rings. The summed E-state index contributed by atoms with van der Waals surface area (Å²) >= 11 is 0. The smallest absolute Gasteiger partial charge is 0.240 e. The first kappa shape index (κ1) is 19.7. The highest BCUT2D eigenvalue weighted by Gasteiger charge is 2.22. The highest BCUT2D eigenvalue weighted by Crippen LogP contribution is 2.30. The second-order valence-electron chi connectivity index (χ2n) is 6.91. The Morgan fingerprint density at radius 1 is 1.03 bits per heavy atom. The van der Waals surface area contributed by atoms with E-state index in [1.807, 2.05) is 16.8 Å². The van der Waals surface area contributed by atoms with Crippen LogP contribution in [0, 0.1) is 11.6 Å². The van der Waals surface area contributed by atoms with Crippen molar-refractivity contribution in [3.05, 3.63) is 65.6 Å². The van der Waals surface area contributed by atoms with E-state index in [-0.39, 0.29) is 11.4 Å². The molecule has 0 spiro atoms. The van der Waals surface area contributed by atoms with Crippen molar-refractivity contribution in [2.75, 3.05) is 6.54 Å². The van der Waals surface area contributed by atoms with Gasteiger partial charge in [-0.25, -0.2) is 21.9 Å². The molecule has 2 aromatic heterocycles. The molecule has 0 bridgehead atoms. The van der Waals surface area contributed by atoms with Crippen LogP contribution < -0.4 is 4.72 Å². The summed E-state index contributed by atoms with van der Waals surface area (Å²) in [7, 11) is -3.94. The summed E-state index contributed by atoms with van der Waals surface area (Å²) in [5.41, 5.74) is 4.21. The third kappa shape index (κ3) is 4.06. The second kappa shape index (κ2) is 8.00. The summed E-state index contributed by atoms with van der Waals surface area (Å²) in [5, 5.41) is 4.72. The largest absolute Gasteiger partial charge is 0.267 e. The third-order valence-corrected chi connectivity index (χ3v) is 6.49. The van der Waals surface area contributed by atoms with E-state index >= 15 is 0 Å². The minimum absolute atomic E-state index is 0.0885. The number of rotatable bonds is 6. The topological polar surface area (TPSA) is 76.9 Å². The molecule has 4 rings (SSSR count). The molecule has 0 amide bonds. The maximum atomic E-state index is 13.4. The number of halogens is 2. The van der Waals surface area contributed by atoms with Gasteiger partial charge in [-0.3, -0.25) is 9.67 Å². The Labute approximate surface area is 167 Å². The van der Waals surface area contributed by atoms with Crippen LogP contribution >= 0.6 is 0 Å². The van der Waals surface area contributed by atoms with Gasteiger partial charge in [-0.1, -0.05) is 0 Å². The number of hydrogen-bond acceptors (Lipinski definition) is 4. The SMILES string of the molecule is O=S(=O)(NCCn1nc(-c2ccncc2)c2c1CCCC2)c1ccc(F)c(F)c1. The van der Waals surface area contributed by atoms with Gasteiger partial charge < -0.3 is 0 Å². The van der Waals surface area contributed by atoms with Crippen LogP contribution in [-0.4, -0.2) is 29.7 Å². The monoisotopic (exact) mass is 418 g/mol. The average molecular weight is 418 g/mol. The maximum Gasteiger partial charge on any atom is 0.240 e. The Hall–Kier alpha value is -2.65. The molecule has 1 N–H and O–H groups in total. The van der Waals surface area contributed by atoms with E-state index in [0.29, 0.717) is 12.6 Å². The number of nitrogens with zero attached hydrogens (tertiary/aromatic N) is 3. The number of benzene rings is 1. The van der Waals surface area contributed by atoms with Crippen LogP contribution in [0.3, 0.4) is 0 Å². The molecule has 9 heteroatoms. The number of nitrogens with one attached hydrogen (secondary N) is 1. The van der Waals surface area contributed by atoms with Crippen molar-refractivity contribution in [1.82, 2.24) is 19.5 Å². The van der Waals surface area contributed by atoms with Crippen molar-refractivity contribution in [2.45, 2.75) is 37.1 Å². The number of pyridine rings is 1. The summed E-state index contributed by atoms with van der Waals surface area (Å²) in [6, 6.07) is 6.34. The van der Waals surface area contributed by atoms with Crippen molar-refractivity contribution >= 4 is 10.0 Å². The predicted molar refractivity (Wildman–Crippen MR) is 104 cm³/mol. The minimum Gasteiger partial charge on any atom is -0.267 e. The Kier molecular flexibility index (Phi) is 5.42. The number of hydrogen-bond donors (Lipinski definition) is 1. The molecular formula is C20H20F2N4O2S. The van der Waals surface area contributed by atoms with Crippen molar-refractivity contribution in [2.24, 2.45) is 0 Å². The molecule has 1 aromatic carbocycles. The van der Waals surface area contributed by atoms with Crippen LogP contribution in [0.15, 0.2) is 47.6 Å². The fraction of sp³-hybridized carbons (Fsp3) is 0.300. The summed E-state index contributed by atoms with van der Waals surface area (Å²) in [4.78, 5) is 3.74. The average Bonchev–Trinajstić information content (AvgIpc) is 3.09. The Morgan fingerprint density at radius 3 is 2.55 bits per heavy atom. The lowest BCUT2D eigenvalue weighted by Gasteiger charge is -2.14. The van der Waals surface area contributed by atoms with E-state index in [1.165, 1.54) is 5.56 Å². The summed E-state index contributed by atoms with van der Waals surface area (Å²) < 4.78 is 55.4. The van der Waals surface area contributed by atoms with E-state index in [2.05, 4.69) is 9.71 Å². The molecule has 6 nitrogen and oxygen atoms in total. The van der Waals surface area contributed by atoms with Gasteiger partial charge in [-0.2, -0.15) is 5.10 Å². The van der Waals surface area contributed by atoms with Crippen molar-refractivity contribution in [3.8, 4) is 11.3 Å². The fourth-order valence-corrected chi connectivity index (χ4v) is 4.64. The molecule has 0 atom stereocenters. The molecule has 3 aromatic rings. The molecule has 0 radical (unpaired) electrons. The van der Waals surface area contributed by atoms with E-state index in [4.69, 9.17) is 5.10 Å². The molecule has 1 aliphatic carbocycles. The molecular weight excluding hydrogens is 398 g/mol. The predicted octanol–water partition coefficient (Wildman–Crippen LogP) is 3.08. The van der Waals surface area contributed by atoms with Crippen molar-refractivity contribution in [1.29, 1.82) is 0 Å². The first-order valence-electron chi connectivity index (χ1n) is 9.39. The van der Waals surface area contributed by atoms with Crippen LogP contribution in [0.2, 0.25) is 0 Å². The number of fused-ring (bicyclic) bond motifs is 1. The standard InChI is InChI=1S/C20H20F2N4O2S/c21-17-6-5-15(13-18(17)22)29(27,28)24-11-12-26-19-4-2-1-3-16(19)20(25-26)14-7-9-23-10-8-14/h5-10,13,24H,1-4,11-12H2. The molecule has 0 aliphatic heterocycles.